The van der Waals surface area contributed by atoms with Crippen LogP contribution in [0.25, 0.3) is 0 Å². The van der Waals surface area contributed by atoms with Gasteiger partial charge in [0.25, 0.3) is 0 Å². The molecule has 90 valence electrons. The van der Waals surface area contributed by atoms with Crippen molar-refractivity contribution in [1.29, 1.82) is 0 Å². The molecule has 1 saturated heterocycles. The maximum Gasteiger partial charge on any atom is 0.308 e. The molecule has 0 atom stereocenters. The van der Waals surface area contributed by atoms with E-state index in [0.29, 0.717) is 19.6 Å². The summed E-state index contributed by atoms with van der Waals surface area (Å²) in [5.74, 6) is -0.978. The summed E-state index contributed by atoms with van der Waals surface area (Å²) in [5, 5.41) is 8.82. The second-order valence-electron chi connectivity index (χ2n) is 4.48. The lowest BCUT2D eigenvalue weighted by atomic mass is 10.1. The Balaban J connectivity index is 1.79. The Bertz CT molecular complexity index is 275. The Morgan fingerprint density at radius 3 is 2.62 bits per heavy atom. The first kappa shape index (κ1) is 11.6. The van der Waals surface area contributed by atoms with Crippen LogP contribution in [0.4, 0.5) is 0 Å². The fourth-order valence-corrected chi connectivity index (χ4v) is 1.94. The number of carboxylic acids is 1. The second kappa shape index (κ2) is 4.97. The molecule has 0 amide bonds. The quantitative estimate of drug-likeness (QED) is 0.703. The summed E-state index contributed by atoms with van der Waals surface area (Å²) >= 11 is 0. The average molecular weight is 226 g/mol. The standard InChI is InChI=1S/C12H18O4/c13-11(14)9-12(15-7-8-16-12)6-2-1-3-10-4-5-10/h1,3,10H,2,4-9H2,(H,13,14)/b3-1-. The normalized spacial score (nSPS) is 24.0. The highest BCUT2D eigenvalue weighted by molar-refractivity contribution is 5.67. The van der Waals surface area contributed by atoms with E-state index in [1.165, 1.54) is 12.8 Å². The highest BCUT2D eigenvalue weighted by Gasteiger charge is 2.38. The van der Waals surface area contributed by atoms with Crippen LogP contribution in [0.1, 0.15) is 32.1 Å². The molecule has 16 heavy (non-hydrogen) atoms. The third-order valence-electron chi connectivity index (χ3n) is 2.96. The first-order chi connectivity index (χ1) is 7.70. The summed E-state index contributed by atoms with van der Waals surface area (Å²) < 4.78 is 10.9. The molecule has 0 unspecified atom stereocenters. The lowest BCUT2D eigenvalue weighted by Gasteiger charge is -2.24. The topological polar surface area (TPSA) is 55.8 Å². The molecule has 4 nitrogen and oxygen atoms in total. The number of rotatable bonds is 6. The number of ether oxygens (including phenoxy) is 2. The number of hydrogen-bond donors (Lipinski definition) is 1. The van der Waals surface area contributed by atoms with Crippen LogP contribution < -0.4 is 0 Å². The van der Waals surface area contributed by atoms with E-state index >= 15 is 0 Å². The number of carbonyl (C=O) groups is 1. The number of allylic oxidation sites excluding steroid dienone is 2. The predicted molar refractivity (Wildman–Crippen MR) is 58.0 cm³/mol. The van der Waals surface area contributed by atoms with Gasteiger partial charge in [-0.2, -0.15) is 0 Å². The smallest absolute Gasteiger partial charge is 0.308 e. The second-order valence-corrected chi connectivity index (χ2v) is 4.48. The van der Waals surface area contributed by atoms with Gasteiger partial charge in [-0.25, -0.2) is 0 Å². The molecule has 4 heteroatoms. The van der Waals surface area contributed by atoms with Gasteiger partial charge >= 0.3 is 5.97 Å². The van der Waals surface area contributed by atoms with E-state index in [2.05, 4.69) is 12.2 Å². The van der Waals surface area contributed by atoms with Crippen molar-refractivity contribution in [1.82, 2.24) is 0 Å². The minimum Gasteiger partial charge on any atom is -0.481 e. The Morgan fingerprint density at radius 2 is 2.06 bits per heavy atom. The zero-order valence-electron chi connectivity index (χ0n) is 9.35. The molecule has 0 aromatic heterocycles. The van der Waals surface area contributed by atoms with Gasteiger partial charge in [0.2, 0.25) is 0 Å². The average Bonchev–Trinajstić information content (AvgIpc) is 2.94. The molecule has 0 radical (unpaired) electrons. The number of carboxylic acid groups (broad SMARTS) is 1. The zero-order valence-corrected chi connectivity index (χ0v) is 9.35. The van der Waals surface area contributed by atoms with Crippen molar-refractivity contribution in [3.63, 3.8) is 0 Å². The SMILES string of the molecule is O=C(O)CC1(CC/C=C\C2CC2)OCCO1. The van der Waals surface area contributed by atoms with E-state index in [9.17, 15) is 4.79 Å². The third kappa shape index (κ3) is 3.32. The molecule has 1 N–H and O–H groups in total. The Hall–Kier alpha value is -0.870. The van der Waals surface area contributed by atoms with Gasteiger partial charge in [-0.05, 0) is 25.2 Å². The molecule has 2 aliphatic rings. The number of hydrogen-bond acceptors (Lipinski definition) is 3. The summed E-state index contributed by atoms with van der Waals surface area (Å²) in [6.07, 6.45) is 8.31. The zero-order chi connectivity index (χ0) is 11.4. The molecule has 0 bridgehead atoms. The molecule has 2 rings (SSSR count). The van der Waals surface area contributed by atoms with Gasteiger partial charge < -0.3 is 14.6 Å². The molecule has 2 fully saturated rings. The molecular weight excluding hydrogens is 208 g/mol. The molecule has 0 spiro atoms. The van der Waals surface area contributed by atoms with E-state index in [1.54, 1.807) is 0 Å². The van der Waals surface area contributed by atoms with Gasteiger partial charge in [0.1, 0.15) is 0 Å². The maximum atomic E-state index is 10.7. The number of aliphatic carboxylic acids is 1. The summed E-state index contributed by atoms with van der Waals surface area (Å²) in [7, 11) is 0. The van der Waals surface area contributed by atoms with Crippen molar-refractivity contribution in [2.45, 2.75) is 37.9 Å². The first-order valence-corrected chi connectivity index (χ1v) is 5.87. The van der Waals surface area contributed by atoms with E-state index in [0.717, 1.165) is 12.3 Å². The molecule has 1 aliphatic heterocycles. The molecule has 0 aromatic carbocycles. The summed E-state index contributed by atoms with van der Waals surface area (Å²) in [4.78, 5) is 10.7. The van der Waals surface area contributed by atoms with E-state index in [-0.39, 0.29) is 6.42 Å². The van der Waals surface area contributed by atoms with Crippen LogP contribution in [0, 0.1) is 5.92 Å². The largest absolute Gasteiger partial charge is 0.481 e. The highest BCUT2D eigenvalue weighted by atomic mass is 16.7. The van der Waals surface area contributed by atoms with Crippen molar-refractivity contribution in [3.05, 3.63) is 12.2 Å². The Morgan fingerprint density at radius 1 is 1.38 bits per heavy atom. The summed E-state index contributed by atoms with van der Waals surface area (Å²) in [6.45, 7) is 0.999. The molecule has 1 aliphatic carbocycles. The maximum absolute atomic E-state index is 10.7. The fraction of sp³-hybridized carbons (Fsp3) is 0.750. The van der Waals surface area contributed by atoms with Crippen molar-refractivity contribution in [3.8, 4) is 0 Å². The predicted octanol–water partition coefficient (Wildman–Crippen LogP) is 1.95. The van der Waals surface area contributed by atoms with Crippen LogP contribution in [-0.2, 0) is 14.3 Å². The summed E-state index contributed by atoms with van der Waals surface area (Å²) in [5.41, 5.74) is 0. The van der Waals surface area contributed by atoms with Gasteiger partial charge in [-0.3, -0.25) is 4.79 Å². The van der Waals surface area contributed by atoms with Crippen LogP contribution in [-0.4, -0.2) is 30.1 Å². The fourth-order valence-electron chi connectivity index (χ4n) is 1.94. The Kier molecular flexibility index (Phi) is 3.61. The first-order valence-electron chi connectivity index (χ1n) is 5.87. The lowest BCUT2D eigenvalue weighted by molar-refractivity contribution is -0.181. The van der Waals surface area contributed by atoms with Crippen LogP contribution in [0.5, 0.6) is 0 Å². The Labute approximate surface area is 95.2 Å². The molecule has 1 heterocycles. The van der Waals surface area contributed by atoms with Crippen molar-refractivity contribution in [2.75, 3.05) is 13.2 Å². The van der Waals surface area contributed by atoms with Gasteiger partial charge in [0.15, 0.2) is 5.79 Å². The summed E-state index contributed by atoms with van der Waals surface area (Å²) in [6, 6.07) is 0. The molecule has 0 aromatic rings. The van der Waals surface area contributed by atoms with Crippen LogP contribution in [0.2, 0.25) is 0 Å². The van der Waals surface area contributed by atoms with Crippen LogP contribution in [0.15, 0.2) is 12.2 Å². The van der Waals surface area contributed by atoms with Gasteiger partial charge in [-0.15, -0.1) is 0 Å². The van der Waals surface area contributed by atoms with E-state index in [1.807, 2.05) is 0 Å². The van der Waals surface area contributed by atoms with Crippen molar-refractivity contribution >= 4 is 5.97 Å². The van der Waals surface area contributed by atoms with Crippen molar-refractivity contribution in [2.24, 2.45) is 5.92 Å². The monoisotopic (exact) mass is 226 g/mol. The molecule has 1 saturated carbocycles. The van der Waals surface area contributed by atoms with E-state index < -0.39 is 11.8 Å². The molecular formula is C12H18O4. The third-order valence-corrected chi connectivity index (χ3v) is 2.96. The minimum absolute atomic E-state index is 0.0652. The van der Waals surface area contributed by atoms with E-state index in [4.69, 9.17) is 14.6 Å². The minimum atomic E-state index is -0.875. The lowest BCUT2D eigenvalue weighted by Crippen LogP contribution is -2.32. The van der Waals surface area contributed by atoms with Crippen molar-refractivity contribution < 1.29 is 19.4 Å². The van der Waals surface area contributed by atoms with Gasteiger partial charge in [-0.1, -0.05) is 12.2 Å². The van der Waals surface area contributed by atoms with Gasteiger partial charge in [0.05, 0.1) is 19.6 Å². The van der Waals surface area contributed by atoms with Gasteiger partial charge in [0, 0.05) is 6.42 Å². The highest BCUT2D eigenvalue weighted by Crippen LogP contribution is 2.32. The van der Waals surface area contributed by atoms with Crippen LogP contribution >= 0.6 is 0 Å². The van der Waals surface area contributed by atoms with Crippen LogP contribution in [0.3, 0.4) is 0 Å².